The third kappa shape index (κ3) is 5.18. The van der Waals surface area contributed by atoms with Crippen molar-refractivity contribution in [2.24, 2.45) is 11.3 Å². The van der Waals surface area contributed by atoms with E-state index in [4.69, 9.17) is 4.74 Å². The molecule has 1 saturated carbocycles. The summed E-state index contributed by atoms with van der Waals surface area (Å²) in [5.74, 6) is 0.0351. The number of hydrogen-bond acceptors (Lipinski definition) is 3. The molecule has 4 nitrogen and oxygen atoms in total. The Hall–Kier alpha value is -1.14. The van der Waals surface area contributed by atoms with Crippen LogP contribution in [0.4, 0.5) is 9.18 Å². The van der Waals surface area contributed by atoms with Crippen molar-refractivity contribution in [1.82, 2.24) is 5.32 Å². The number of hydrogen-bond donors (Lipinski definition) is 2. The minimum absolute atomic E-state index is 0.0392. The standard InChI is InChI=1S/C18H25BrFNO3/c1-17(2,3)24-16(23)21-10-18(11-22,13-5-6-13)9-12-4-7-15(20)14(19)8-12/h4,7-8,13,22H,5-6,9-11H2,1-3H3,(H,21,23). The van der Waals surface area contributed by atoms with Crippen LogP contribution in [0, 0.1) is 17.2 Å². The molecule has 1 aromatic rings. The Morgan fingerprint density at radius 1 is 1.42 bits per heavy atom. The number of ether oxygens (including phenoxy) is 1. The summed E-state index contributed by atoms with van der Waals surface area (Å²) in [4.78, 5) is 11.9. The van der Waals surface area contributed by atoms with Gasteiger partial charge in [0, 0.05) is 12.0 Å². The van der Waals surface area contributed by atoms with Gasteiger partial charge in [0.15, 0.2) is 0 Å². The minimum Gasteiger partial charge on any atom is -0.444 e. The maximum Gasteiger partial charge on any atom is 0.407 e. The molecule has 0 spiro atoms. The van der Waals surface area contributed by atoms with E-state index in [1.54, 1.807) is 12.1 Å². The Balaban J connectivity index is 2.08. The molecule has 1 aliphatic rings. The predicted octanol–water partition coefficient (Wildman–Crippen LogP) is 4.04. The zero-order valence-electron chi connectivity index (χ0n) is 14.4. The molecule has 1 amide bonds. The first kappa shape index (κ1) is 19.2. The van der Waals surface area contributed by atoms with Crippen molar-refractivity contribution >= 4 is 22.0 Å². The number of nitrogens with one attached hydrogen (secondary N) is 1. The lowest BCUT2D eigenvalue weighted by Gasteiger charge is -2.33. The SMILES string of the molecule is CC(C)(C)OC(=O)NCC(CO)(Cc1ccc(F)c(Br)c1)C1CC1. The van der Waals surface area contributed by atoms with E-state index in [9.17, 15) is 14.3 Å². The van der Waals surface area contributed by atoms with Crippen LogP contribution in [0.2, 0.25) is 0 Å². The molecule has 0 heterocycles. The smallest absolute Gasteiger partial charge is 0.407 e. The number of halogens is 2. The molecule has 24 heavy (non-hydrogen) atoms. The third-order valence-corrected chi connectivity index (χ3v) is 4.89. The number of alkyl carbamates (subject to hydrolysis) is 1. The number of benzene rings is 1. The number of amides is 1. The fourth-order valence-electron chi connectivity index (χ4n) is 2.91. The molecule has 1 aromatic carbocycles. The summed E-state index contributed by atoms with van der Waals surface area (Å²) in [7, 11) is 0. The van der Waals surface area contributed by atoms with E-state index >= 15 is 0 Å². The van der Waals surface area contributed by atoms with Gasteiger partial charge in [-0.3, -0.25) is 0 Å². The monoisotopic (exact) mass is 401 g/mol. The lowest BCUT2D eigenvalue weighted by Crippen LogP contribution is -2.44. The molecule has 1 unspecified atom stereocenters. The van der Waals surface area contributed by atoms with Gasteiger partial charge in [0.05, 0.1) is 11.1 Å². The first-order valence-electron chi connectivity index (χ1n) is 8.17. The fraction of sp³-hybridized carbons (Fsp3) is 0.611. The van der Waals surface area contributed by atoms with E-state index in [0.717, 1.165) is 18.4 Å². The summed E-state index contributed by atoms with van der Waals surface area (Å²) in [5, 5.41) is 12.8. The highest BCUT2D eigenvalue weighted by atomic mass is 79.9. The zero-order valence-corrected chi connectivity index (χ0v) is 16.0. The van der Waals surface area contributed by atoms with Crippen molar-refractivity contribution < 1.29 is 19.0 Å². The molecule has 1 atom stereocenters. The second-order valence-electron chi connectivity index (χ2n) is 7.58. The molecule has 1 aliphatic carbocycles. The molecule has 2 rings (SSSR count). The topological polar surface area (TPSA) is 58.6 Å². The predicted molar refractivity (Wildman–Crippen MR) is 94.3 cm³/mol. The van der Waals surface area contributed by atoms with Gasteiger partial charge in [-0.25, -0.2) is 9.18 Å². The molecule has 0 bridgehead atoms. The molecule has 2 N–H and O–H groups in total. The Kier molecular flexibility index (Phi) is 5.91. The van der Waals surface area contributed by atoms with Crippen LogP contribution in [0.1, 0.15) is 39.2 Å². The number of carbonyl (C=O) groups is 1. The highest BCUT2D eigenvalue weighted by Gasteiger charge is 2.45. The van der Waals surface area contributed by atoms with E-state index in [0.29, 0.717) is 23.4 Å². The van der Waals surface area contributed by atoms with Crippen LogP contribution in [0.15, 0.2) is 22.7 Å². The van der Waals surface area contributed by atoms with Gasteiger partial charge < -0.3 is 15.2 Å². The first-order valence-corrected chi connectivity index (χ1v) is 8.96. The van der Waals surface area contributed by atoms with Crippen LogP contribution < -0.4 is 5.32 Å². The maximum atomic E-state index is 13.4. The summed E-state index contributed by atoms with van der Waals surface area (Å²) in [6, 6.07) is 4.87. The molecular formula is C18H25BrFNO3. The van der Waals surface area contributed by atoms with Gasteiger partial charge in [-0.1, -0.05) is 6.07 Å². The van der Waals surface area contributed by atoms with Gasteiger partial charge in [0.1, 0.15) is 11.4 Å². The molecule has 0 aliphatic heterocycles. The van der Waals surface area contributed by atoms with Crippen LogP contribution in [0.5, 0.6) is 0 Å². The molecule has 0 saturated heterocycles. The quantitative estimate of drug-likeness (QED) is 0.755. The van der Waals surface area contributed by atoms with Crippen LogP contribution in [0.25, 0.3) is 0 Å². The average Bonchev–Trinajstić information content (AvgIpc) is 3.30. The second kappa shape index (κ2) is 7.40. The van der Waals surface area contributed by atoms with E-state index in [1.807, 2.05) is 20.8 Å². The number of aliphatic hydroxyl groups excluding tert-OH is 1. The van der Waals surface area contributed by atoms with Crippen molar-refractivity contribution in [2.75, 3.05) is 13.2 Å². The van der Waals surface area contributed by atoms with E-state index in [1.165, 1.54) is 6.07 Å². The van der Waals surface area contributed by atoms with E-state index in [-0.39, 0.29) is 12.4 Å². The summed E-state index contributed by atoms with van der Waals surface area (Å²) < 4.78 is 19.1. The Bertz CT molecular complexity index is 598. The Labute approximate surface area is 150 Å². The first-order chi connectivity index (χ1) is 11.1. The third-order valence-electron chi connectivity index (χ3n) is 4.28. The van der Waals surface area contributed by atoms with Crippen molar-refractivity contribution in [3.05, 3.63) is 34.1 Å². The van der Waals surface area contributed by atoms with Crippen LogP contribution >= 0.6 is 15.9 Å². The van der Waals surface area contributed by atoms with E-state index < -0.39 is 17.1 Å². The highest BCUT2D eigenvalue weighted by Crippen LogP contribution is 2.47. The zero-order chi connectivity index (χ0) is 18.0. The van der Waals surface area contributed by atoms with Gasteiger partial charge in [0.2, 0.25) is 0 Å². The van der Waals surface area contributed by atoms with Crippen molar-refractivity contribution in [2.45, 2.75) is 45.6 Å². The summed E-state index contributed by atoms with van der Waals surface area (Å²) in [6.45, 7) is 5.72. The summed E-state index contributed by atoms with van der Waals surface area (Å²) in [6.07, 6.45) is 2.14. The Morgan fingerprint density at radius 3 is 2.58 bits per heavy atom. The van der Waals surface area contributed by atoms with Crippen LogP contribution in [0.3, 0.4) is 0 Å². The highest BCUT2D eigenvalue weighted by molar-refractivity contribution is 9.10. The average molecular weight is 402 g/mol. The normalized spacial score (nSPS) is 17.2. The van der Waals surface area contributed by atoms with Gasteiger partial charge in [-0.15, -0.1) is 0 Å². The maximum absolute atomic E-state index is 13.4. The van der Waals surface area contributed by atoms with Crippen molar-refractivity contribution in [3.63, 3.8) is 0 Å². The van der Waals surface area contributed by atoms with Crippen LogP contribution in [-0.2, 0) is 11.2 Å². The minimum atomic E-state index is -0.562. The van der Waals surface area contributed by atoms with Gasteiger partial charge in [0.25, 0.3) is 0 Å². The lowest BCUT2D eigenvalue weighted by atomic mass is 9.77. The van der Waals surface area contributed by atoms with Gasteiger partial charge >= 0.3 is 6.09 Å². The van der Waals surface area contributed by atoms with Crippen molar-refractivity contribution in [3.8, 4) is 0 Å². The lowest BCUT2D eigenvalue weighted by molar-refractivity contribution is 0.0439. The largest absolute Gasteiger partial charge is 0.444 e. The van der Waals surface area contributed by atoms with Crippen molar-refractivity contribution in [1.29, 1.82) is 0 Å². The molecule has 1 fully saturated rings. The number of rotatable bonds is 6. The summed E-state index contributed by atoms with van der Waals surface area (Å²) >= 11 is 3.20. The number of carbonyl (C=O) groups excluding carboxylic acids is 1. The molecule has 0 radical (unpaired) electrons. The van der Waals surface area contributed by atoms with Crippen LogP contribution in [-0.4, -0.2) is 30.0 Å². The fourth-order valence-corrected chi connectivity index (χ4v) is 3.33. The van der Waals surface area contributed by atoms with Gasteiger partial charge in [-0.2, -0.15) is 0 Å². The molecule has 6 heteroatoms. The van der Waals surface area contributed by atoms with E-state index in [2.05, 4.69) is 21.2 Å². The second-order valence-corrected chi connectivity index (χ2v) is 8.43. The summed E-state index contributed by atoms with van der Waals surface area (Å²) in [5.41, 5.74) is -0.0862. The number of aliphatic hydroxyl groups is 1. The molecule has 134 valence electrons. The van der Waals surface area contributed by atoms with Gasteiger partial charge in [-0.05, 0) is 79.6 Å². The molecule has 0 aromatic heterocycles. The Morgan fingerprint density at radius 2 is 2.08 bits per heavy atom. The molecular weight excluding hydrogens is 377 g/mol.